The van der Waals surface area contributed by atoms with E-state index in [4.69, 9.17) is 4.74 Å². The minimum Gasteiger partial charge on any atom is -0.373 e. The lowest BCUT2D eigenvalue weighted by molar-refractivity contribution is -0.117. The number of hydrogen-bond acceptors (Lipinski definition) is 3. The van der Waals surface area contributed by atoms with Gasteiger partial charge in [-0.05, 0) is 38.5 Å². The molecular weight excluding hydrogens is 288 g/mol. The van der Waals surface area contributed by atoms with Crippen molar-refractivity contribution in [3.8, 4) is 0 Å². The Morgan fingerprint density at radius 3 is 2.62 bits per heavy atom. The lowest BCUT2D eigenvalue weighted by Gasteiger charge is -2.35. The zero-order valence-corrected chi connectivity index (χ0v) is 13.8. The Bertz CT molecular complexity index is 457. The molecule has 2 rings (SSSR count). The van der Waals surface area contributed by atoms with Crippen molar-refractivity contribution in [2.75, 3.05) is 25.0 Å². The van der Waals surface area contributed by atoms with Gasteiger partial charge in [0.1, 0.15) is 0 Å². The highest BCUT2D eigenvalue weighted by molar-refractivity contribution is 5.90. The Kier molecular flexibility index (Phi) is 7.15. The van der Waals surface area contributed by atoms with Gasteiger partial charge in [0.25, 0.3) is 0 Å². The van der Waals surface area contributed by atoms with Gasteiger partial charge in [0.05, 0.1) is 12.2 Å². The number of halogens is 1. The van der Waals surface area contributed by atoms with Gasteiger partial charge >= 0.3 is 0 Å². The van der Waals surface area contributed by atoms with E-state index in [2.05, 4.69) is 24.1 Å². The summed E-state index contributed by atoms with van der Waals surface area (Å²) in [5, 5.41) is 2.95. The number of nitrogens with one attached hydrogen (secondary N) is 1. The number of carbonyl (C=O) groups excluding carboxylic acids is 1. The van der Waals surface area contributed by atoms with Crippen molar-refractivity contribution in [2.24, 2.45) is 0 Å². The van der Waals surface area contributed by atoms with E-state index in [1.807, 2.05) is 31.2 Å². The summed E-state index contributed by atoms with van der Waals surface area (Å²) in [7, 11) is 0. The number of anilines is 1. The van der Waals surface area contributed by atoms with E-state index in [0.29, 0.717) is 6.42 Å². The first kappa shape index (κ1) is 18.0. The lowest BCUT2D eigenvalue weighted by atomic mass is 10.2. The molecule has 1 saturated heterocycles. The second-order valence-electron chi connectivity index (χ2n) is 5.68. The minimum atomic E-state index is 0. The lowest BCUT2D eigenvalue weighted by Crippen LogP contribution is -2.46. The highest BCUT2D eigenvalue weighted by atomic mass is 35.5. The summed E-state index contributed by atoms with van der Waals surface area (Å²) in [6.45, 7) is 8.77. The van der Waals surface area contributed by atoms with Crippen LogP contribution in [0.4, 0.5) is 5.69 Å². The van der Waals surface area contributed by atoms with Crippen LogP contribution in [0, 0.1) is 6.92 Å². The van der Waals surface area contributed by atoms with E-state index in [0.717, 1.165) is 30.9 Å². The number of morpholine rings is 1. The van der Waals surface area contributed by atoms with Crippen molar-refractivity contribution in [1.29, 1.82) is 0 Å². The monoisotopic (exact) mass is 312 g/mol. The molecule has 21 heavy (non-hydrogen) atoms. The fourth-order valence-corrected chi connectivity index (χ4v) is 2.67. The van der Waals surface area contributed by atoms with E-state index in [-0.39, 0.29) is 30.5 Å². The van der Waals surface area contributed by atoms with Crippen molar-refractivity contribution in [3.05, 3.63) is 29.8 Å². The summed E-state index contributed by atoms with van der Waals surface area (Å²) in [4.78, 5) is 14.3. The maximum atomic E-state index is 12.0. The third kappa shape index (κ3) is 6.04. The van der Waals surface area contributed by atoms with Crippen molar-refractivity contribution < 1.29 is 9.53 Å². The van der Waals surface area contributed by atoms with E-state index < -0.39 is 0 Å². The second kappa shape index (κ2) is 8.37. The highest BCUT2D eigenvalue weighted by Crippen LogP contribution is 2.12. The molecule has 1 aromatic carbocycles. The van der Waals surface area contributed by atoms with Crippen molar-refractivity contribution in [3.63, 3.8) is 0 Å². The Balaban J connectivity index is 0.00000220. The zero-order chi connectivity index (χ0) is 14.5. The van der Waals surface area contributed by atoms with Crippen LogP contribution in [0.5, 0.6) is 0 Å². The molecule has 2 unspecified atom stereocenters. The molecule has 0 bridgehead atoms. The predicted octanol–water partition coefficient (Wildman–Crippen LogP) is 2.85. The maximum Gasteiger partial charge on any atom is 0.225 e. The van der Waals surface area contributed by atoms with E-state index >= 15 is 0 Å². The quantitative estimate of drug-likeness (QED) is 0.929. The third-order valence-corrected chi connectivity index (χ3v) is 3.45. The van der Waals surface area contributed by atoms with Gasteiger partial charge in [0.15, 0.2) is 0 Å². The zero-order valence-electron chi connectivity index (χ0n) is 13.0. The van der Waals surface area contributed by atoms with Crippen LogP contribution in [0.25, 0.3) is 0 Å². The number of aryl methyl sites for hydroxylation is 1. The number of benzene rings is 1. The van der Waals surface area contributed by atoms with Crippen LogP contribution < -0.4 is 5.32 Å². The molecule has 0 radical (unpaired) electrons. The first-order valence-electron chi connectivity index (χ1n) is 7.27. The molecule has 1 N–H and O–H groups in total. The Hall–Kier alpha value is -1.10. The Morgan fingerprint density at radius 2 is 2.00 bits per heavy atom. The molecule has 0 aliphatic carbocycles. The van der Waals surface area contributed by atoms with Crippen LogP contribution in [-0.4, -0.2) is 42.6 Å². The average molecular weight is 313 g/mol. The van der Waals surface area contributed by atoms with Gasteiger partial charge in [0, 0.05) is 31.7 Å². The molecule has 1 amide bonds. The molecule has 1 aliphatic heterocycles. The molecule has 0 saturated carbocycles. The van der Waals surface area contributed by atoms with Gasteiger partial charge in [0.2, 0.25) is 5.91 Å². The number of rotatable bonds is 4. The van der Waals surface area contributed by atoms with Crippen LogP contribution in [-0.2, 0) is 9.53 Å². The average Bonchev–Trinajstić information content (AvgIpc) is 2.35. The molecule has 1 fully saturated rings. The van der Waals surface area contributed by atoms with Gasteiger partial charge in [-0.25, -0.2) is 0 Å². The van der Waals surface area contributed by atoms with Crippen LogP contribution in [0.1, 0.15) is 25.8 Å². The molecule has 1 aliphatic rings. The minimum absolute atomic E-state index is 0. The third-order valence-electron chi connectivity index (χ3n) is 3.45. The number of ether oxygens (including phenoxy) is 1. The largest absolute Gasteiger partial charge is 0.373 e. The molecule has 0 spiro atoms. The SMILES string of the molecule is Cc1cccc(NC(=O)CCN2CC(C)OC(C)C2)c1.Cl. The van der Waals surface area contributed by atoms with Crippen LogP contribution in [0.2, 0.25) is 0 Å². The summed E-state index contributed by atoms with van der Waals surface area (Å²) in [6, 6.07) is 7.88. The van der Waals surface area contributed by atoms with Crippen molar-refractivity contribution in [2.45, 2.75) is 39.4 Å². The summed E-state index contributed by atoms with van der Waals surface area (Å²) < 4.78 is 5.69. The van der Waals surface area contributed by atoms with Crippen molar-refractivity contribution >= 4 is 24.0 Å². The van der Waals surface area contributed by atoms with Gasteiger partial charge < -0.3 is 10.1 Å². The van der Waals surface area contributed by atoms with Gasteiger partial charge in [-0.3, -0.25) is 9.69 Å². The van der Waals surface area contributed by atoms with Gasteiger partial charge in [-0.1, -0.05) is 12.1 Å². The molecular formula is C16H25ClN2O2. The molecule has 118 valence electrons. The van der Waals surface area contributed by atoms with E-state index in [9.17, 15) is 4.79 Å². The number of hydrogen-bond donors (Lipinski definition) is 1. The highest BCUT2D eigenvalue weighted by Gasteiger charge is 2.22. The summed E-state index contributed by atoms with van der Waals surface area (Å²) in [5.41, 5.74) is 2.03. The molecule has 2 atom stereocenters. The van der Waals surface area contributed by atoms with Crippen molar-refractivity contribution in [1.82, 2.24) is 4.90 Å². The summed E-state index contributed by atoms with van der Waals surface area (Å²) in [5.74, 6) is 0.0717. The second-order valence-corrected chi connectivity index (χ2v) is 5.68. The number of carbonyl (C=O) groups is 1. The van der Waals surface area contributed by atoms with Crippen LogP contribution in [0.3, 0.4) is 0 Å². The number of nitrogens with zero attached hydrogens (tertiary/aromatic N) is 1. The molecule has 4 nitrogen and oxygen atoms in total. The molecule has 1 heterocycles. The Morgan fingerprint density at radius 1 is 1.33 bits per heavy atom. The topological polar surface area (TPSA) is 41.6 Å². The molecule has 0 aromatic heterocycles. The van der Waals surface area contributed by atoms with Gasteiger partial charge in [-0.2, -0.15) is 0 Å². The van der Waals surface area contributed by atoms with Gasteiger partial charge in [-0.15, -0.1) is 12.4 Å². The maximum absolute atomic E-state index is 12.0. The normalized spacial score (nSPS) is 22.4. The molecule has 5 heteroatoms. The Labute approximate surface area is 133 Å². The number of amides is 1. The summed E-state index contributed by atoms with van der Waals surface area (Å²) in [6.07, 6.45) is 1.02. The van der Waals surface area contributed by atoms with E-state index in [1.54, 1.807) is 0 Å². The predicted molar refractivity (Wildman–Crippen MR) is 88.1 cm³/mol. The standard InChI is InChI=1S/C16H24N2O2.ClH/c1-12-5-4-6-15(9-12)17-16(19)7-8-18-10-13(2)20-14(3)11-18;/h4-6,9,13-14H,7-8,10-11H2,1-3H3,(H,17,19);1H. The smallest absolute Gasteiger partial charge is 0.225 e. The van der Waals surface area contributed by atoms with E-state index in [1.165, 1.54) is 0 Å². The van der Waals surface area contributed by atoms with Crippen LogP contribution in [0.15, 0.2) is 24.3 Å². The fourth-order valence-electron chi connectivity index (χ4n) is 2.67. The first-order chi connectivity index (χ1) is 9.52. The first-order valence-corrected chi connectivity index (χ1v) is 7.27. The molecule has 1 aromatic rings. The van der Waals surface area contributed by atoms with Crippen LogP contribution >= 0.6 is 12.4 Å². The summed E-state index contributed by atoms with van der Waals surface area (Å²) >= 11 is 0. The fraction of sp³-hybridized carbons (Fsp3) is 0.562.